The van der Waals surface area contributed by atoms with Gasteiger partial charge in [0.15, 0.2) is 5.82 Å². The van der Waals surface area contributed by atoms with Gasteiger partial charge in [-0.15, -0.1) is 0 Å². The van der Waals surface area contributed by atoms with Gasteiger partial charge < -0.3 is 0 Å². The molecule has 0 saturated heterocycles. The molecule has 0 amide bonds. The molecule has 104 valence electrons. The first-order chi connectivity index (χ1) is 9.65. The van der Waals surface area contributed by atoms with Crippen molar-refractivity contribution < 1.29 is 0 Å². The number of hydrogen-bond donors (Lipinski definition) is 0. The predicted octanol–water partition coefficient (Wildman–Crippen LogP) is 4.76. The average Bonchev–Trinajstić information content (AvgIpc) is 2.96. The summed E-state index contributed by atoms with van der Waals surface area (Å²) in [5, 5.41) is 0.542. The van der Waals surface area contributed by atoms with Gasteiger partial charge in [0.25, 0.3) is 0 Å². The van der Waals surface area contributed by atoms with Gasteiger partial charge in [-0.25, -0.2) is 9.97 Å². The van der Waals surface area contributed by atoms with Crippen molar-refractivity contribution in [1.82, 2.24) is 15.0 Å². The number of pyridine rings is 1. The molecule has 1 aliphatic carbocycles. The summed E-state index contributed by atoms with van der Waals surface area (Å²) >= 11 is 8.55. The molecule has 1 saturated carbocycles. The van der Waals surface area contributed by atoms with Crippen molar-refractivity contribution in [3.63, 3.8) is 0 Å². The van der Waals surface area contributed by atoms with Crippen LogP contribution >= 0.6 is 34.2 Å². The van der Waals surface area contributed by atoms with Crippen molar-refractivity contribution in [3.8, 4) is 11.5 Å². The lowest BCUT2D eigenvalue weighted by Gasteiger charge is -2.13. The molecule has 0 unspecified atom stereocenters. The van der Waals surface area contributed by atoms with Crippen molar-refractivity contribution in [2.75, 3.05) is 0 Å². The maximum Gasteiger partial charge on any atom is 0.179 e. The molecule has 0 aromatic carbocycles. The molecule has 0 N–H and O–H groups in total. The van der Waals surface area contributed by atoms with Gasteiger partial charge in [0.1, 0.15) is 10.8 Å². The largest absolute Gasteiger partial charge is 0.253 e. The summed E-state index contributed by atoms with van der Waals surface area (Å²) < 4.78 is 0.993. The van der Waals surface area contributed by atoms with E-state index in [1.807, 2.05) is 25.3 Å². The minimum atomic E-state index is 0.520. The van der Waals surface area contributed by atoms with E-state index in [-0.39, 0.29) is 0 Å². The molecule has 20 heavy (non-hydrogen) atoms. The molecule has 3 rings (SSSR count). The minimum absolute atomic E-state index is 0.520. The third-order valence-electron chi connectivity index (χ3n) is 3.72. The fraction of sp³-hybridized carbons (Fsp3) is 0.400. The first-order valence-electron chi connectivity index (χ1n) is 6.81. The molecule has 2 heterocycles. The van der Waals surface area contributed by atoms with Crippen LogP contribution < -0.4 is 0 Å². The van der Waals surface area contributed by atoms with Crippen molar-refractivity contribution in [2.24, 2.45) is 0 Å². The highest BCUT2D eigenvalue weighted by Gasteiger charge is 2.23. The zero-order valence-corrected chi connectivity index (χ0v) is 14.1. The summed E-state index contributed by atoms with van der Waals surface area (Å²) in [4.78, 5) is 13.5. The molecule has 1 aliphatic rings. The summed E-state index contributed by atoms with van der Waals surface area (Å²) in [6, 6.07) is 3.97. The van der Waals surface area contributed by atoms with Crippen LogP contribution in [0.2, 0.25) is 5.15 Å². The maximum absolute atomic E-state index is 6.29. The van der Waals surface area contributed by atoms with E-state index in [9.17, 15) is 0 Å². The summed E-state index contributed by atoms with van der Waals surface area (Å²) in [7, 11) is 0. The number of rotatable bonds is 2. The molecule has 0 spiro atoms. The molecule has 0 atom stereocenters. The van der Waals surface area contributed by atoms with Crippen molar-refractivity contribution in [3.05, 3.63) is 38.3 Å². The first-order valence-corrected chi connectivity index (χ1v) is 8.27. The Morgan fingerprint density at radius 1 is 1.20 bits per heavy atom. The summed E-state index contributed by atoms with van der Waals surface area (Å²) in [6.07, 6.45) is 6.79. The molecule has 0 radical (unpaired) electrons. The Kier molecular flexibility index (Phi) is 4.21. The number of halogens is 2. The number of aromatic nitrogens is 3. The first kappa shape index (κ1) is 14.2. The van der Waals surface area contributed by atoms with Crippen LogP contribution in [0.3, 0.4) is 0 Å². The number of nitrogens with zero attached hydrogens (tertiary/aromatic N) is 3. The minimum Gasteiger partial charge on any atom is -0.253 e. The van der Waals surface area contributed by atoms with Crippen LogP contribution in [0.4, 0.5) is 0 Å². The van der Waals surface area contributed by atoms with E-state index >= 15 is 0 Å². The van der Waals surface area contributed by atoms with E-state index < -0.39 is 0 Å². The van der Waals surface area contributed by atoms with Gasteiger partial charge in [0, 0.05) is 12.1 Å². The Morgan fingerprint density at radius 2 is 1.95 bits per heavy atom. The summed E-state index contributed by atoms with van der Waals surface area (Å²) in [5.74, 6) is 1.16. The molecule has 3 nitrogen and oxygen atoms in total. The fourth-order valence-electron chi connectivity index (χ4n) is 2.62. The highest BCUT2D eigenvalue weighted by molar-refractivity contribution is 14.1. The fourth-order valence-corrected chi connectivity index (χ4v) is 3.48. The van der Waals surface area contributed by atoms with E-state index in [2.05, 4.69) is 32.6 Å². The summed E-state index contributed by atoms with van der Waals surface area (Å²) in [5.41, 5.74) is 3.01. The SMILES string of the molecule is Cc1ccc(-c2nc(Cl)c(I)c(C3CCCC3)n2)nc1. The smallest absolute Gasteiger partial charge is 0.179 e. The van der Waals surface area contributed by atoms with Gasteiger partial charge >= 0.3 is 0 Å². The molecular weight excluding hydrogens is 385 g/mol. The van der Waals surface area contributed by atoms with Gasteiger partial charge in [-0.1, -0.05) is 30.5 Å². The van der Waals surface area contributed by atoms with Crippen LogP contribution in [0.5, 0.6) is 0 Å². The summed E-state index contributed by atoms with van der Waals surface area (Å²) in [6.45, 7) is 2.02. The molecule has 0 aliphatic heterocycles. The van der Waals surface area contributed by atoms with E-state index in [4.69, 9.17) is 16.6 Å². The van der Waals surface area contributed by atoms with Gasteiger partial charge in [-0.2, -0.15) is 0 Å². The second-order valence-corrected chi connectivity index (χ2v) is 6.68. The second-order valence-electron chi connectivity index (χ2n) is 5.24. The Labute approximate surface area is 137 Å². The molecule has 0 bridgehead atoms. The zero-order chi connectivity index (χ0) is 14.1. The van der Waals surface area contributed by atoms with Gasteiger partial charge in [0.2, 0.25) is 0 Å². The quantitative estimate of drug-likeness (QED) is 0.540. The van der Waals surface area contributed by atoms with Crippen LogP contribution in [0.1, 0.15) is 42.9 Å². The third-order valence-corrected chi connectivity index (χ3v) is 5.37. The molecule has 2 aromatic rings. The van der Waals surface area contributed by atoms with Crippen molar-refractivity contribution in [2.45, 2.75) is 38.5 Å². The van der Waals surface area contributed by atoms with E-state index in [0.29, 0.717) is 16.9 Å². The average molecular weight is 400 g/mol. The number of aryl methyl sites for hydroxylation is 1. The Morgan fingerprint density at radius 3 is 2.60 bits per heavy atom. The standard InChI is InChI=1S/C15H15ClIN3/c1-9-6-7-11(18-8-9)15-19-13(10-4-2-3-5-10)12(17)14(16)20-15/h6-8,10H,2-5H2,1H3. The Bertz CT molecular complexity index is 622. The Hall–Kier alpha value is -0.750. The van der Waals surface area contributed by atoms with Gasteiger partial charge in [-0.05, 0) is 54.0 Å². The lowest BCUT2D eigenvalue weighted by Crippen LogP contribution is -2.05. The predicted molar refractivity (Wildman–Crippen MR) is 88.9 cm³/mol. The van der Waals surface area contributed by atoms with E-state index in [1.165, 1.54) is 25.7 Å². The van der Waals surface area contributed by atoms with E-state index in [1.54, 1.807) is 0 Å². The number of hydrogen-bond acceptors (Lipinski definition) is 3. The molecule has 1 fully saturated rings. The molecule has 2 aromatic heterocycles. The van der Waals surface area contributed by atoms with Crippen LogP contribution in [0.25, 0.3) is 11.5 Å². The maximum atomic E-state index is 6.29. The monoisotopic (exact) mass is 399 g/mol. The molecular formula is C15H15ClIN3. The van der Waals surface area contributed by atoms with Crippen LogP contribution in [0.15, 0.2) is 18.3 Å². The van der Waals surface area contributed by atoms with E-state index in [0.717, 1.165) is 20.5 Å². The molecule has 5 heteroatoms. The third kappa shape index (κ3) is 2.81. The van der Waals surface area contributed by atoms with Crippen LogP contribution in [-0.2, 0) is 0 Å². The van der Waals surface area contributed by atoms with Gasteiger partial charge in [0.05, 0.1) is 9.26 Å². The van der Waals surface area contributed by atoms with Crippen molar-refractivity contribution >= 4 is 34.2 Å². The highest BCUT2D eigenvalue weighted by atomic mass is 127. The Balaban J connectivity index is 2.05. The lowest BCUT2D eigenvalue weighted by molar-refractivity contribution is 0.690. The lowest BCUT2D eigenvalue weighted by atomic mass is 10.0. The highest BCUT2D eigenvalue weighted by Crippen LogP contribution is 2.37. The topological polar surface area (TPSA) is 38.7 Å². The van der Waals surface area contributed by atoms with Crippen molar-refractivity contribution in [1.29, 1.82) is 0 Å². The normalized spacial score (nSPS) is 15.8. The second kappa shape index (κ2) is 5.93. The van der Waals surface area contributed by atoms with Crippen LogP contribution in [-0.4, -0.2) is 15.0 Å². The van der Waals surface area contributed by atoms with Gasteiger partial charge in [-0.3, -0.25) is 4.98 Å². The van der Waals surface area contributed by atoms with Crippen LogP contribution in [0, 0.1) is 10.5 Å². The zero-order valence-electron chi connectivity index (χ0n) is 11.2.